The highest BCUT2D eigenvalue weighted by molar-refractivity contribution is 5.74. The van der Waals surface area contributed by atoms with Crippen LogP contribution in [0.5, 0.6) is 0 Å². The zero-order chi connectivity index (χ0) is 8.39. The average molecular weight is 159 g/mol. The summed E-state index contributed by atoms with van der Waals surface area (Å²) >= 11 is 0. The van der Waals surface area contributed by atoms with E-state index in [-0.39, 0.29) is 6.17 Å². The summed E-state index contributed by atoms with van der Waals surface area (Å²) in [6.07, 6.45) is 3.97. The van der Waals surface area contributed by atoms with Gasteiger partial charge in [-0.05, 0) is 12.1 Å². The molecule has 1 heterocycles. The fourth-order valence-electron chi connectivity index (χ4n) is 1.34. The first kappa shape index (κ1) is 7.22. The zero-order valence-electron chi connectivity index (χ0n) is 6.75. The first-order valence-electron chi connectivity index (χ1n) is 3.98. The van der Waals surface area contributed by atoms with Gasteiger partial charge in [-0.25, -0.2) is 0 Å². The third kappa shape index (κ3) is 1.16. The topological polar surface area (TPSA) is 24.1 Å². The Balaban J connectivity index is 2.16. The van der Waals surface area contributed by atoms with Crippen molar-refractivity contribution in [2.24, 2.45) is 0 Å². The van der Waals surface area contributed by atoms with Crippen LogP contribution in [0.3, 0.4) is 0 Å². The van der Waals surface area contributed by atoms with E-state index in [1.54, 1.807) is 6.08 Å². The summed E-state index contributed by atoms with van der Waals surface area (Å²) in [6, 6.07) is 8.14. The highest BCUT2D eigenvalue weighted by Gasteiger charge is 2.16. The maximum Gasteiger partial charge on any atom is 0.104 e. The standard InChI is InChI=1S/C10H11N2/c1-2-5-10-11-8-6-3-4-7-9(8)12-10/h2-7,10-12H,1H2. The van der Waals surface area contributed by atoms with Crippen LogP contribution in [-0.2, 0) is 0 Å². The molecule has 0 atom stereocenters. The molecule has 1 aromatic rings. The van der Waals surface area contributed by atoms with Crippen LogP contribution in [0.15, 0.2) is 36.9 Å². The maximum atomic E-state index is 3.65. The number of rotatable bonds is 2. The molecule has 1 aliphatic rings. The molecular weight excluding hydrogens is 148 g/mol. The van der Waals surface area contributed by atoms with Crippen molar-refractivity contribution in [3.63, 3.8) is 0 Å². The predicted molar refractivity (Wildman–Crippen MR) is 52.0 cm³/mol. The van der Waals surface area contributed by atoms with Crippen LogP contribution in [-0.4, -0.2) is 6.17 Å². The molecule has 1 aromatic carbocycles. The Kier molecular flexibility index (Phi) is 1.74. The second-order valence-corrected chi connectivity index (χ2v) is 2.74. The lowest BCUT2D eigenvalue weighted by molar-refractivity contribution is 1.01. The minimum atomic E-state index is 0.194. The summed E-state index contributed by atoms with van der Waals surface area (Å²) < 4.78 is 0. The van der Waals surface area contributed by atoms with E-state index in [0.717, 1.165) is 11.4 Å². The first-order valence-corrected chi connectivity index (χ1v) is 3.98. The molecule has 0 unspecified atom stereocenters. The highest BCUT2D eigenvalue weighted by Crippen LogP contribution is 2.28. The van der Waals surface area contributed by atoms with Crippen LogP contribution in [0, 0.1) is 6.42 Å². The van der Waals surface area contributed by atoms with Crippen LogP contribution in [0.25, 0.3) is 0 Å². The van der Waals surface area contributed by atoms with Crippen molar-refractivity contribution in [1.29, 1.82) is 0 Å². The molecule has 2 N–H and O–H groups in total. The van der Waals surface area contributed by atoms with E-state index in [1.807, 2.05) is 18.6 Å². The quantitative estimate of drug-likeness (QED) is 0.691. The van der Waals surface area contributed by atoms with Gasteiger partial charge in [-0.15, -0.1) is 6.58 Å². The molecule has 0 bridgehead atoms. The van der Waals surface area contributed by atoms with Gasteiger partial charge in [0.1, 0.15) is 6.17 Å². The second-order valence-electron chi connectivity index (χ2n) is 2.74. The lowest BCUT2D eigenvalue weighted by atomic mass is 10.3. The monoisotopic (exact) mass is 159 g/mol. The summed E-state index contributed by atoms with van der Waals surface area (Å²) in [6.45, 7) is 3.65. The molecule has 0 fully saturated rings. The molecule has 0 saturated heterocycles. The van der Waals surface area contributed by atoms with Crippen LogP contribution >= 0.6 is 0 Å². The third-order valence-corrected chi connectivity index (χ3v) is 1.88. The molecule has 0 aromatic heterocycles. The first-order chi connectivity index (χ1) is 5.90. The van der Waals surface area contributed by atoms with Crippen molar-refractivity contribution in [1.82, 2.24) is 0 Å². The number of hydrogen-bond acceptors (Lipinski definition) is 2. The molecule has 0 saturated carbocycles. The molecule has 2 nitrogen and oxygen atoms in total. The van der Waals surface area contributed by atoms with Crippen molar-refractivity contribution in [2.45, 2.75) is 6.17 Å². The van der Waals surface area contributed by atoms with Gasteiger partial charge >= 0.3 is 0 Å². The van der Waals surface area contributed by atoms with Gasteiger partial charge in [0.15, 0.2) is 0 Å². The van der Waals surface area contributed by atoms with Crippen LogP contribution < -0.4 is 10.6 Å². The molecule has 1 radical (unpaired) electrons. The molecule has 2 rings (SSSR count). The SMILES string of the molecule is C=C[CH]C1Nc2ccccc2N1. The number of nitrogens with one attached hydrogen (secondary N) is 2. The van der Waals surface area contributed by atoms with Crippen LogP contribution in [0.1, 0.15) is 0 Å². The van der Waals surface area contributed by atoms with Crippen molar-refractivity contribution < 1.29 is 0 Å². The van der Waals surface area contributed by atoms with Crippen molar-refractivity contribution >= 4 is 11.4 Å². The molecule has 0 amide bonds. The van der Waals surface area contributed by atoms with Gasteiger partial charge in [0, 0.05) is 6.42 Å². The Labute approximate surface area is 72.3 Å². The smallest absolute Gasteiger partial charge is 0.104 e. The molecule has 1 aliphatic heterocycles. The Morgan fingerprint density at radius 3 is 2.25 bits per heavy atom. The van der Waals surface area contributed by atoms with E-state index in [1.165, 1.54) is 0 Å². The average Bonchev–Trinajstić information content (AvgIpc) is 2.47. The summed E-state index contributed by atoms with van der Waals surface area (Å²) in [5.41, 5.74) is 2.31. The van der Waals surface area contributed by atoms with Gasteiger partial charge in [0.05, 0.1) is 11.4 Å². The fourth-order valence-corrected chi connectivity index (χ4v) is 1.34. The maximum absolute atomic E-state index is 3.65. The predicted octanol–water partition coefficient (Wildman–Crippen LogP) is 2.24. The summed E-state index contributed by atoms with van der Waals surface area (Å²) in [5.74, 6) is 0. The molecule has 61 valence electrons. The summed E-state index contributed by atoms with van der Waals surface area (Å²) in [5, 5.41) is 6.59. The summed E-state index contributed by atoms with van der Waals surface area (Å²) in [7, 11) is 0. The van der Waals surface area contributed by atoms with Crippen LogP contribution in [0.4, 0.5) is 11.4 Å². The van der Waals surface area contributed by atoms with Gasteiger partial charge in [0.25, 0.3) is 0 Å². The highest BCUT2D eigenvalue weighted by atomic mass is 15.2. The lowest BCUT2D eigenvalue weighted by Gasteiger charge is -2.07. The van der Waals surface area contributed by atoms with Crippen molar-refractivity contribution in [3.8, 4) is 0 Å². The Morgan fingerprint density at radius 2 is 1.75 bits per heavy atom. The van der Waals surface area contributed by atoms with E-state index in [0.29, 0.717) is 0 Å². The number of benzene rings is 1. The number of para-hydroxylation sites is 2. The van der Waals surface area contributed by atoms with Crippen molar-refractivity contribution in [2.75, 3.05) is 10.6 Å². The Bertz CT molecular complexity index is 269. The third-order valence-electron chi connectivity index (χ3n) is 1.88. The van der Waals surface area contributed by atoms with Gasteiger partial charge in [-0.1, -0.05) is 18.2 Å². The van der Waals surface area contributed by atoms with E-state index in [2.05, 4.69) is 29.3 Å². The van der Waals surface area contributed by atoms with Gasteiger partial charge < -0.3 is 10.6 Å². The zero-order valence-corrected chi connectivity index (χ0v) is 6.75. The van der Waals surface area contributed by atoms with Crippen LogP contribution in [0.2, 0.25) is 0 Å². The minimum Gasteiger partial charge on any atom is -0.363 e. The Morgan fingerprint density at radius 1 is 1.17 bits per heavy atom. The summed E-state index contributed by atoms with van der Waals surface area (Å²) in [4.78, 5) is 0. The molecule has 2 heteroatoms. The second kappa shape index (κ2) is 2.89. The normalized spacial score (nSPS) is 14.7. The van der Waals surface area contributed by atoms with E-state index >= 15 is 0 Å². The number of hydrogen-bond donors (Lipinski definition) is 2. The lowest BCUT2D eigenvalue weighted by Crippen LogP contribution is -2.21. The van der Waals surface area contributed by atoms with Crippen molar-refractivity contribution in [3.05, 3.63) is 43.3 Å². The van der Waals surface area contributed by atoms with E-state index < -0.39 is 0 Å². The number of anilines is 2. The largest absolute Gasteiger partial charge is 0.363 e. The Hall–Kier alpha value is -1.44. The van der Waals surface area contributed by atoms with Gasteiger partial charge in [-0.2, -0.15) is 0 Å². The van der Waals surface area contributed by atoms with E-state index in [4.69, 9.17) is 0 Å². The fraction of sp³-hybridized carbons (Fsp3) is 0.100. The number of fused-ring (bicyclic) bond motifs is 1. The molecule has 0 spiro atoms. The van der Waals surface area contributed by atoms with E-state index in [9.17, 15) is 0 Å². The molecule has 12 heavy (non-hydrogen) atoms. The van der Waals surface area contributed by atoms with Gasteiger partial charge in [0.2, 0.25) is 0 Å². The molecule has 0 aliphatic carbocycles. The minimum absolute atomic E-state index is 0.194. The van der Waals surface area contributed by atoms with Gasteiger partial charge in [-0.3, -0.25) is 0 Å². The molecular formula is C10H11N2.